The molecule has 0 saturated carbocycles. The van der Waals surface area contributed by atoms with E-state index in [4.69, 9.17) is 5.73 Å². The van der Waals surface area contributed by atoms with Gasteiger partial charge in [-0.05, 0) is 44.5 Å². The van der Waals surface area contributed by atoms with Crippen LogP contribution in [0.4, 0.5) is 5.69 Å². The van der Waals surface area contributed by atoms with Crippen LogP contribution in [0.5, 0.6) is 0 Å². The Morgan fingerprint density at radius 2 is 2.11 bits per heavy atom. The van der Waals surface area contributed by atoms with Gasteiger partial charge in [-0.3, -0.25) is 4.79 Å². The first-order valence-corrected chi connectivity index (χ1v) is 6.31. The molecule has 0 radical (unpaired) electrons. The van der Waals surface area contributed by atoms with Crippen LogP contribution in [0.25, 0.3) is 0 Å². The zero-order chi connectivity index (χ0) is 13.3. The quantitative estimate of drug-likeness (QED) is 0.759. The second-order valence-corrected chi connectivity index (χ2v) is 5.41. The SMILES string of the molecule is CNC(C)(C)C(N)c1ccc2c(c1)CCC(=O)N2. The first-order valence-electron chi connectivity index (χ1n) is 6.31. The summed E-state index contributed by atoms with van der Waals surface area (Å²) in [6.07, 6.45) is 1.35. The normalized spacial score (nSPS) is 17.0. The van der Waals surface area contributed by atoms with Crippen LogP contribution in [-0.4, -0.2) is 18.5 Å². The van der Waals surface area contributed by atoms with Crippen molar-refractivity contribution in [2.45, 2.75) is 38.3 Å². The number of hydrogen-bond acceptors (Lipinski definition) is 3. The van der Waals surface area contributed by atoms with Crippen LogP contribution >= 0.6 is 0 Å². The Labute approximate surface area is 108 Å². The van der Waals surface area contributed by atoms with Gasteiger partial charge in [-0.15, -0.1) is 0 Å². The minimum absolute atomic E-state index is 0.0783. The monoisotopic (exact) mass is 247 g/mol. The van der Waals surface area contributed by atoms with Crippen LogP contribution < -0.4 is 16.4 Å². The number of nitrogens with two attached hydrogens (primary N) is 1. The van der Waals surface area contributed by atoms with E-state index in [0.717, 1.165) is 17.7 Å². The molecule has 1 aromatic rings. The van der Waals surface area contributed by atoms with Gasteiger partial charge >= 0.3 is 0 Å². The van der Waals surface area contributed by atoms with Crippen molar-refractivity contribution < 1.29 is 4.79 Å². The minimum Gasteiger partial charge on any atom is -0.326 e. The third-order valence-electron chi connectivity index (χ3n) is 3.81. The molecular weight excluding hydrogens is 226 g/mol. The number of anilines is 1. The third-order valence-corrected chi connectivity index (χ3v) is 3.81. The van der Waals surface area contributed by atoms with E-state index in [9.17, 15) is 4.79 Å². The Hall–Kier alpha value is -1.39. The molecule has 1 aromatic carbocycles. The highest BCUT2D eigenvalue weighted by molar-refractivity contribution is 5.93. The lowest BCUT2D eigenvalue weighted by Crippen LogP contribution is -2.46. The molecule has 2 rings (SSSR count). The van der Waals surface area contributed by atoms with E-state index in [2.05, 4.69) is 30.5 Å². The van der Waals surface area contributed by atoms with Crippen LogP contribution in [0.2, 0.25) is 0 Å². The topological polar surface area (TPSA) is 67.1 Å². The van der Waals surface area contributed by atoms with Crippen LogP contribution in [0.1, 0.15) is 37.4 Å². The number of benzene rings is 1. The lowest BCUT2D eigenvalue weighted by Gasteiger charge is -2.32. The average Bonchev–Trinajstić information content (AvgIpc) is 2.37. The molecular formula is C14H21N3O. The second kappa shape index (κ2) is 4.71. The fourth-order valence-electron chi connectivity index (χ4n) is 2.17. The van der Waals surface area contributed by atoms with Crippen molar-refractivity contribution in [2.24, 2.45) is 5.73 Å². The Morgan fingerprint density at radius 3 is 2.78 bits per heavy atom. The molecule has 0 saturated heterocycles. The molecule has 0 aliphatic carbocycles. The maximum Gasteiger partial charge on any atom is 0.224 e. The summed E-state index contributed by atoms with van der Waals surface area (Å²) in [5.41, 5.74) is 9.33. The molecule has 1 atom stereocenters. The van der Waals surface area contributed by atoms with Crippen molar-refractivity contribution in [3.63, 3.8) is 0 Å². The van der Waals surface area contributed by atoms with Gasteiger partial charge in [0.1, 0.15) is 0 Å². The second-order valence-electron chi connectivity index (χ2n) is 5.41. The zero-order valence-electron chi connectivity index (χ0n) is 11.2. The standard InChI is InChI=1S/C14H21N3O/c1-14(2,16-3)13(15)10-4-6-11-9(8-10)5-7-12(18)17-11/h4,6,8,13,16H,5,7,15H2,1-3H3,(H,17,18). The summed E-state index contributed by atoms with van der Waals surface area (Å²) in [4.78, 5) is 11.3. The van der Waals surface area contributed by atoms with E-state index in [1.54, 1.807) is 0 Å². The highest BCUT2D eigenvalue weighted by Crippen LogP contribution is 2.29. The Balaban J connectivity index is 2.29. The molecule has 0 fully saturated rings. The number of rotatable bonds is 3. The van der Waals surface area contributed by atoms with Crippen molar-refractivity contribution in [2.75, 3.05) is 12.4 Å². The zero-order valence-corrected chi connectivity index (χ0v) is 11.2. The third kappa shape index (κ3) is 2.40. The van der Waals surface area contributed by atoms with E-state index < -0.39 is 0 Å². The molecule has 1 unspecified atom stereocenters. The summed E-state index contributed by atoms with van der Waals surface area (Å²) < 4.78 is 0. The maximum absolute atomic E-state index is 11.3. The van der Waals surface area contributed by atoms with Gasteiger partial charge in [-0.25, -0.2) is 0 Å². The predicted molar refractivity (Wildman–Crippen MR) is 73.5 cm³/mol. The first-order chi connectivity index (χ1) is 8.44. The smallest absolute Gasteiger partial charge is 0.224 e. The molecule has 4 nitrogen and oxygen atoms in total. The fourth-order valence-corrected chi connectivity index (χ4v) is 2.17. The molecule has 4 heteroatoms. The summed E-state index contributed by atoms with van der Waals surface area (Å²) in [6, 6.07) is 5.98. The Kier molecular flexibility index (Phi) is 3.41. The number of fused-ring (bicyclic) bond motifs is 1. The Bertz CT molecular complexity index is 468. The predicted octanol–water partition coefficient (Wildman–Crippen LogP) is 1.57. The summed E-state index contributed by atoms with van der Waals surface area (Å²) in [5, 5.41) is 6.12. The summed E-state index contributed by atoms with van der Waals surface area (Å²) in [5.74, 6) is 0.0927. The molecule has 1 heterocycles. The number of carbonyl (C=O) groups is 1. The molecule has 1 aliphatic rings. The van der Waals surface area contributed by atoms with E-state index in [1.807, 2.05) is 19.2 Å². The Morgan fingerprint density at radius 1 is 1.39 bits per heavy atom. The highest BCUT2D eigenvalue weighted by atomic mass is 16.1. The largest absolute Gasteiger partial charge is 0.326 e. The number of amides is 1. The number of likely N-dealkylation sites (N-methyl/N-ethyl adjacent to an activating group) is 1. The van der Waals surface area contributed by atoms with Crippen molar-refractivity contribution in [1.82, 2.24) is 5.32 Å². The number of hydrogen-bond donors (Lipinski definition) is 3. The average molecular weight is 247 g/mol. The van der Waals surface area contributed by atoms with Crippen LogP contribution in [-0.2, 0) is 11.2 Å². The van der Waals surface area contributed by atoms with Crippen molar-refractivity contribution in [1.29, 1.82) is 0 Å². The van der Waals surface area contributed by atoms with Crippen molar-refractivity contribution >= 4 is 11.6 Å². The van der Waals surface area contributed by atoms with E-state index in [-0.39, 0.29) is 17.5 Å². The maximum atomic E-state index is 11.3. The highest BCUT2D eigenvalue weighted by Gasteiger charge is 2.26. The molecule has 0 bridgehead atoms. The first kappa shape index (κ1) is 13.1. The molecule has 0 aromatic heterocycles. The summed E-state index contributed by atoms with van der Waals surface area (Å²) >= 11 is 0. The van der Waals surface area contributed by atoms with Crippen molar-refractivity contribution in [3.8, 4) is 0 Å². The number of nitrogens with one attached hydrogen (secondary N) is 2. The van der Waals surface area contributed by atoms with E-state index >= 15 is 0 Å². The minimum atomic E-state index is -0.161. The van der Waals surface area contributed by atoms with Gasteiger partial charge in [0.15, 0.2) is 0 Å². The van der Waals surface area contributed by atoms with Crippen LogP contribution in [0.15, 0.2) is 18.2 Å². The van der Waals surface area contributed by atoms with Crippen LogP contribution in [0.3, 0.4) is 0 Å². The molecule has 4 N–H and O–H groups in total. The van der Waals surface area contributed by atoms with Gasteiger partial charge in [0.05, 0.1) is 0 Å². The molecule has 98 valence electrons. The summed E-state index contributed by atoms with van der Waals surface area (Å²) in [7, 11) is 1.92. The van der Waals surface area contributed by atoms with E-state index in [1.165, 1.54) is 5.56 Å². The van der Waals surface area contributed by atoms with Gasteiger partial charge in [-0.1, -0.05) is 12.1 Å². The van der Waals surface area contributed by atoms with Gasteiger partial charge in [-0.2, -0.15) is 0 Å². The molecule has 18 heavy (non-hydrogen) atoms. The fraction of sp³-hybridized carbons (Fsp3) is 0.500. The van der Waals surface area contributed by atoms with Crippen LogP contribution in [0, 0.1) is 0 Å². The van der Waals surface area contributed by atoms with Crippen molar-refractivity contribution in [3.05, 3.63) is 29.3 Å². The molecule has 1 amide bonds. The lowest BCUT2D eigenvalue weighted by molar-refractivity contribution is -0.116. The van der Waals surface area contributed by atoms with Gasteiger partial charge in [0.2, 0.25) is 5.91 Å². The number of carbonyl (C=O) groups excluding carboxylic acids is 1. The van der Waals surface area contributed by atoms with Gasteiger partial charge < -0.3 is 16.4 Å². The molecule has 1 aliphatic heterocycles. The number of aryl methyl sites for hydroxylation is 1. The summed E-state index contributed by atoms with van der Waals surface area (Å²) in [6.45, 7) is 4.16. The van der Waals surface area contributed by atoms with E-state index in [0.29, 0.717) is 6.42 Å². The van der Waals surface area contributed by atoms with Gasteiger partial charge in [0.25, 0.3) is 0 Å². The molecule has 0 spiro atoms. The van der Waals surface area contributed by atoms with Gasteiger partial charge in [0, 0.05) is 23.7 Å². The lowest BCUT2D eigenvalue weighted by atomic mass is 9.87.